The van der Waals surface area contributed by atoms with Crippen LogP contribution in [0.5, 0.6) is 0 Å². The molecule has 0 radical (unpaired) electrons. The van der Waals surface area contributed by atoms with Crippen LogP contribution < -0.4 is 0 Å². The molecular formula is C11H5F6N3O3. The Hall–Kier alpha value is -2.66. The highest BCUT2D eigenvalue weighted by Gasteiger charge is 2.60. The average Bonchev–Trinajstić information content (AvgIpc) is 2.84. The highest BCUT2D eigenvalue weighted by molar-refractivity contribution is 5.56. The lowest BCUT2D eigenvalue weighted by molar-refractivity contribution is -0.384. The van der Waals surface area contributed by atoms with Gasteiger partial charge in [-0.15, -0.1) is 0 Å². The molecule has 2 aromatic rings. The predicted octanol–water partition coefficient (Wildman–Crippen LogP) is 3.85. The van der Waals surface area contributed by atoms with Crippen LogP contribution in [0.25, 0.3) is 11.4 Å². The molecule has 1 heterocycles. The third-order valence-corrected chi connectivity index (χ3v) is 2.68. The first-order valence-corrected chi connectivity index (χ1v) is 5.72. The van der Waals surface area contributed by atoms with Crippen molar-refractivity contribution in [3.05, 3.63) is 40.3 Å². The summed E-state index contributed by atoms with van der Waals surface area (Å²) in [5.41, 5.74) is -0.352. The summed E-state index contributed by atoms with van der Waals surface area (Å²) in [4.78, 5) is 12.8. The Labute approximate surface area is 122 Å². The number of nitro groups is 1. The van der Waals surface area contributed by atoms with Crippen molar-refractivity contribution in [1.82, 2.24) is 10.1 Å². The molecule has 0 unspecified atom stereocenters. The SMILES string of the molecule is O=[N+]([O-])c1ccc(-c2noc(C(C(F)(F)F)C(F)(F)F)n2)cc1. The molecule has 0 fully saturated rings. The topological polar surface area (TPSA) is 82.1 Å². The quantitative estimate of drug-likeness (QED) is 0.481. The van der Waals surface area contributed by atoms with E-state index in [4.69, 9.17) is 0 Å². The molecule has 0 atom stereocenters. The van der Waals surface area contributed by atoms with E-state index in [1.807, 2.05) is 0 Å². The Morgan fingerprint density at radius 2 is 1.57 bits per heavy atom. The van der Waals surface area contributed by atoms with Crippen molar-refractivity contribution in [2.24, 2.45) is 0 Å². The molecule has 0 aliphatic carbocycles. The summed E-state index contributed by atoms with van der Waals surface area (Å²) in [5, 5.41) is 13.5. The zero-order chi connectivity index (χ0) is 17.4. The van der Waals surface area contributed by atoms with Gasteiger partial charge in [-0.05, 0) is 12.1 Å². The summed E-state index contributed by atoms with van der Waals surface area (Å²) in [6.07, 6.45) is -11.3. The highest BCUT2D eigenvalue weighted by atomic mass is 19.4. The minimum absolute atomic E-state index is 0.0336. The molecule has 12 heteroatoms. The van der Waals surface area contributed by atoms with Gasteiger partial charge in [-0.25, -0.2) is 0 Å². The lowest BCUT2D eigenvalue weighted by atomic mass is 10.1. The van der Waals surface area contributed by atoms with Crippen LogP contribution in [-0.4, -0.2) is 27.4 Å². The summed E-state index contributed by atoms with van der Waals surface area (Å²) >= 11 is 0. The van der Waals surface area contributed by atoms with E-state index >= 15 is 0 Å². The summed E-state index contributed by atoms with van der Waals surface area (Å²) in [5.74, 6) is -6.11. The van der Waals surface area contributed by atoms with Gasteiger partial charge in [0.25, 0.3) is 5.69 Å². The number of nitrogens with zero attached hydrogens (tertiary/aromatic N) is 3. The lowest BCUT2D eigenvalue weighted by Crippen LogP contribution is -2.34. The number of halogens is 6. The van der Waals surface area contributed by atoms with Crippen molar-refractivity contribution in [3.63, 3.8) is 0 Å². The second-order valence-corrected chi connectivity index (χ2v) is 4.28. The molecule has 0 aliphatic heterocycles. The second kappa shape index (κ2) is 5.52. The molecule has 0 aliphatic rings. The molecule has 6 nitrogen and oxygen atoms in total. The third-order valence-electron chi connectivity index (χ3n) is 2.68. The van der Waals surface area contributed by atoms with Crippen LogP contribution in [0.2, 0.25) is 0 Å². The average molecular weight is 341 g/mol. The summed E-state index contributed by atoms with van der Waals surface area (Å²) in [7, 11) is 0. The van der Waals surface area contributed by atoms with Crippen LogP contribution in [0.3, 0.4) is 0 Å². The number of non-ortho nitro benzene ring substituents is 1. The Morgan fingerprint density at radius 3 is 2.00 bits per heavy atom. The molecule has 0 saturated heterocycles. The third kappa shape index (κ3) is 3.57. The van der Waals surface area contributed by atoms with Crippen LogP contribution >= 0.6 is 0 Å². The van der Waals surface area contributed by atoms with E-state index in [-0.39, 0.29) is 11.3 Å². The number of aromatic nitrogens is 2. The molecule has 0 spiro atoms. The molecule has 0 bridgehead atoms. The molecule has 1 aromatic carbocycles. The maximum absolute atomic E-state index is 12.5. The maximum Gasteiger partial charge on any atom is 0.409 e. The van der Waals surface area contributed by atoms with Crippen molar-refractivity contribution in [2.45, 2.75) is 18.3 Å². The van der Waals surface area contributed by atoms with Crippen molar-refractivity contribution < 1.29 is 35.8 Å². The van der Waals surface area contributed by atoms with Crippen LogP contribution in [0, 0.1) is 10.1 Å². The van der Waals surface area contributed by atoms with Crippen molar-refractivity contribution in [3.8, 4) is 11.4 Å². The van der Waals surface area contributed by atoms with Crippen molar-refractivity contribution in [1.29, 1.82) is 0 Å². The van der Waals surface area contributed by atoms with E-state index in [1.165, 1.54) is 0 Å². The summed E-state index contributed by atoms with van der Waals surface area (Å²) < 4.78 is 79.3. The van der Waals surface area contributed by atoms with Gasteiger partial charge in [0.15, 0.2) is 0 Å². The first-order valence-electron chi connectivity index (χ1n) is 5.72. The fraction of sp³-hybridized carbons (Fsp3) is 0.273. The van der Waals surface area contributed by atoms with Crippen LogP contribution in [0.15, 0.2) is 28.8 Å². The number of hydrogen-bond acceptors (Lipinski definition) is 5. The molecular weight excluding hydrogens is 336 g/mol. The fourth-order valence-electron chi connectivity index (χ4n) is 1.67. The van der Waals surface area contributed by atoms with Crippen LogP contribution in [0.4, 0.5) is 32.0 Å². The van der Waals surface area contributed by atoms with Crippen LogP contribution in [0.1, 0.15) is 11.8 Å². The molecule has 1 aromatic heterocycles. The minimum atomic E-state index is -5.66. The van der Waals surface area contributed by atoms with Crippen LogP contribution in [-0.2, 0) is 0 Å². The predicted molar refractivity (Wildman–Crippen MR) is 61.2 cm³/mol. The Balaban J connectivity index is 2.37. The van der Waals surface area contributed by atoms with E-state index in [2.05, 4.69) is 14.7 Å². The van der Waals surface area contributed by atoms with Gasteiger partial charge in [0.05, 0.1) is 4.92 Å². The first kappa shape index (κ1) is 16.7. The summed E-state index contributed by atoms with van der Waals surface area (Å²) in [6.45, 7) is 0. The van der Waals surface area contributed by atoms with Gasteiger partial charge in [0, 0.05) is 17.7 Å². The van der Waals surface area contributed by atoms with Gasteiger partial charge in [0.1, 0.15) is 0 Å². The van der Waals surface area contributed by atoms with Gasteiger partial charge in [0.2, 0.25) is 17.6 Å². The van der Waals surface area contributed by atoms with E-state index in [0.29, 0.717) is 0 Å². The largest absolute Gasteiger partial charge is 0.409 e. The zero-order valence-corrected chi connectivity index (χ0v) is 10.7. The highest BCUT2D eigenvalue weighted by Crippen LogP contribution is 2.45. The van der Waals surface area contributed by atoms with Crippen molar-refractivity contribution in [2.75, 3.05) is 0 Å². The number of benzene rings is 1. The van der Waals surface area contributed by atoms with Gasteiger partial charge in [-0.2, -0.15) is 31.3 Å². The number of hydrogen-bond donors (Lipinski definition) is 0. The zero-order valence-electron chi connectivity index (χ0n) is 10.7. The number of rotatable bonds is 3. The van der Waals surface area contributed by atoms with Gasteiger partial charge in [-0.3, -0.25) is 10.1 Å². The van der Waals surface area contributed by atoms with E-state index < -0.39 is 34.9 Å². The normalized spacial score (nSPS) is 12.7. The van der Waals surface area contributed by atoms with Gasteiger partial charge < -0.3 is 4.52 Å². The fourth-order valence-corrected chi connectivity index (χ4v) is 1.67. The van der Waals surface area contributed by atoms with E-state index in [0.717, 1.165) is 24.3 Å². The van der Waals surface area contributed by atoms with Gasteiger partial charge in [-0.1, -0.05) is 5.16 Å². The summed E-state index contributed by atoms with van der Waals surface area (Å²) in [6, 6.07) is 4.14. The second-order valence-electron chi connectivity index (χ2n) is 4.28. The molecule has 0 saturated carbocycles. The maximum atomic E-state index is 12.5. The molecule has 2 rings (SSSR count). The number of alkyl halides is 6. The molecule has 0 N–H and O–H groups in total. The van der Waals surface area contributed by atoms with E-state index in [9.17, 15) is 36.5 Å². The molecule has 124 valence electrons. The molecule has 0 amide bonds. The van der Waals surface area contributed by atoms with Gasteiger partial charge >= 0.3 is 12.4 Å². The Kier molecular flexibility index (Phi) is 4.01. The number of nitro benzene ring substituents is 1. The monoisotopic (exact) mass is 341 g/mol. The first-order chi connectivity index (χ1) is 10.5. The van der Waals surface area contributed by atoms with Crippen molar-refractivity contribution >= 4 is 5.69 Å². The Morgan fingerprint density at radius 1 is 1.04 bits per heavy atom. The minimum Gasteiger partial charge on any atom is -0.338 e. The lowest BCUT2D eigenvalue weighted by Gasteiger charge is -2.18. The standard InChI is InChI=1S/C11H5F6N3O3/c12-10(13,14)7(11(15,16)17)9-18-8(19-23-9)5-1-3-6(4-2-5)20(21)22/h1-4,7H. The van der Waals surface area contributed by atoms with E-state index in [1.54, 1.807) is 0 Å². The molecule has 23 heavy (non-hydrogen) atoms. The Bertz CT molecular complexity index is 693. The smallest absolute Gasteiger partial charge is 0.338 e.